The number of tetrazole rings is 1. The Balaban J connectivity index is 1.31. The van der Waals surface area contributed by atoms with E-state index in [1.54, 1.807) is 4.52 Å². The second-order valence-electron chi connectivity index (χ2n) is 11.1. The number of likely N-dealkylation sites (tertiary alicyclic amines) is 1. The van der Waals surface area contributed by atoms with Crippen molar-refractivity contribution in [2.45, 2.75) is 52.1 Å². The molecule has 2 aliphatic heterocycles. The quantitative estimate of drug-likeness (QED) is 0.437. The van der Waals surface area contributed by atoms with Crippen LogP contribution in [-0.2, 0) is 11.3 Å². The number of aromatic amines is 1. The summed E-state index contributed by atoms with van der Waals surface area (Å²) in [6.45, 7) is 12.0. The lowest BCUT2D eigenvalue weighted by Gasteiger charge is -2.43. The van der Waals surface area contributed by atoms with Crippen molar-refractivity contribution in [1.29, 1.82) is 0 Å². The summed E-state index contributed by atoms with van der Waals surface area (Å²) in [6.07, 6.45) is 4.34. The Kier molecular flexibility index (Phi) is 5.62. The topological polar surface area (TPSA) is 91.6 Å². The van der Waals surface area contributed by atoms with Gasteiger partial charge in [0.1, 0.15) is 0 Å². The zero-order chi connectivity index (χ0) is 24.2. The van der Waals surface area contributed by atoms with Crippen LogP contribution in [0.25, 0.3) is 27.8 Å². The highest BCUT2D eigenvalue weighted by Gasteiger charge is 2.36. The molecule has 6 rings (SSSR count). The maximum atomic E-state index is 9.89. The molecule has 0 unspecified atom stereocenters. The molecule has 184 valence electrons. The molecule has 3 aromatic heterocycles. The van der Waals surface area contributed by atoms with Crippen LogP contribution in [0.3, 0.4) is 0 Å². The number of aliphatic hydroxyl groups excluding tert-OH is 1. The fraction of sp³-hybridized carbons (Fsp3) is 0.519. The van der Waals surface area contributed by atoms with Crippen LogP contribution >= 0.6 is 0 Å². The summed E-state index contributed by atoms with van der Waals surface area (Å²) in [4.78, 5) is 6.29. The average Bonchev–Trinajstić information content (AvgIpc) is 3.47. The molecule has 8 heteroatoms. The van der Waals surface area contributed by atoms with Gasteiger partial charge in [-0.25, -0.2) is 0 Å². The van der Waals surface area contributed by atoms with Crippen LogP contribution in [0.1, 0.15) is 62.1 Å². The lowest BCUT2D eigenvalue weighted by Crippen LogP contribution is -2.50. The smallest absolute Gasteiger partial charge is 0.184 e. The summed E-state index contributed by atoms with van der Waals surface area (Å²) in [5, 5.41) is 23.1. The van der Waals surface area contributed by atoms with E-state index in [0.717, 1.165) is 55.2 Å². The molecular formula is C27H34N6O2. The van der Waals surface area contributed by atoms with Gasteiger partial charge in [-0.05, 0) is 77.5 Å². The Morgan fingerprint density at radius 3 is 2.69 bits per heavy atom. The van der Waals surface area contributed by atoms with Gasteiger partial charge < -0.3 is 19.7 Å². The van der Waals surface area contributed by atoms with Crippen molar-refractivity contribution >= 4 is 16.6 Å². The Morgan fingerprint density at radius 2 is 2.00 bits per heavy atom. The van der Waals surface area contributed by atoms with E-state index in [1.807, 2.05) is 12.3 Å². The number of piperidine rings is 1. The molecular weight excluding hydrogens is 440 g/mol. The first kappa shape index (κ1) is 22.6. The number of aromatic nitrogens is 5. The van der Waals surface area contributed by atoms with Gasteiger partial charge in [0.15, 0.2) is 5.65 Å². The van der Waals surface area contributed by atoms with E-state index in [9.17, 15) is 5.11 Å². The summed E-state index contributed by atoms with van der Waals surface area (Å²) >= 11 is 0. The summed E-state index contributed by atoms with van der Waals surface area (Å²) in [7, 11) is 0. The molecule has 1 aromatic carbocycles. The van der Waals surface area contributed by atoms with Crippen LogP contribution in [0, 0.1) is 5.41 Å². The molecule has 0 aliphatic carbocycles. The average molecular weight is 475 g/mol. The van der Waals surface area contributed by atoms with Gasteiger partial charge in [-0.3, -0.25) is 0 Å². The summed E-state index contributed by atoms with van der Waals surface area (Å²) in [5.74, 6) is 0.932. The molecule has 0 amide bonds. The largest absolute Gasteiger partial charge is 0.392 e. The normalized spacial score (nSPS) is 19.1. The second kappa shape index (κ2) is 8.69. The van der Waals surface area contributed by atoms with Gasteiger partial charge in [0.25, 0.3) is 0 Å². The van der Waals surface area contributed by atoms with Crippen LogP contribution in [0.5, 0.6) is 0 Å². The van der Waals surface area contributed by atoms with Crippen molar-refractivity contribution in [3.63, 3.8) is 0 Å². The van der Waals surface area contributed by atoms with E-state index in [4.69, 9.17) is 4.74 Å². The molecule has 4 aromatic rings. The number of benzene rings is 1. The van der Waals surface area contributed by atoms with Crippen molar-refractivity contribution in [2.75, 3.05) is 32.8 Å². The number of nitrogens with one attached hydrogen (secondary N) is 1. The molecule has 2 saturated heterocycles. The molecule has 0 radical (unpaired) electrons. The molecule has 0 bridgehead atoms. The highest BCUT2D eigenvalue weighted by molar-refractivity contribution is 5.92. The zero-order valence-corrected chi connectivity index (χ0v) is 20.8. The van der Waals surface area contributed by atoms with Gasteiger partial charge in [-0.2, -0.15) is 4.52 Å². The van der Waals surface area contributed by atoms with E-state index in [1.165, 1.54) is 29.4 Å². The molecule has 5 heterocycles. The number of pyridine rings is 1. The lowest BCUT2D eigenvalue weighted by molar-refractivity contribution is -0.116. The highest BCUT2D eigenvalue weighted by atomic mass is 16.5. The standard InChI is InChI=1S/C27H34N6O2/c1-17(2)24-22-11-19(18-6-8-32(9-7-18)14-27(3)15-35-16-27)4-5-23(22)28-25(24)20-10-21(13-34)26-29-30-31-33(26)12-20/h4-5,10-12,17-18,28,34H,6-9,13-16H2,1-3H3. The molecule has 2 N–H and O–H groups in total. The van der Waals surface area contributed by atoms with Crippen LogP contribution in [0.15, 0.2) is 30.5 Å². The number of rotatable bonds is 6. The monoisotopic (exact) mass is 474 g/mol. The first-order valence-corrected chi connectivity index (χ1v) is 12.7. The minimum atomic E-state index is -0.107. The molecule has 8 nitrogen and oxygen atoms in total. The molecule has 0 saturated carbocycles. The third kappa shape index (κ3) is 4.03. The maximum Gasteiger partial charge on any atom is 0.184 e. The third-order valence-corrected chi connectivity index (χ3v) is 7.84. The summed E-state index contributed by atoms with van der Waals surface area (Å²) in [6, 6.07) is 8.95. The first-order chi connectivity index (χ1) is 16.9. The van der Waals surface area contributed by atoms with Gasteiger partial charge in [0.05, 0.1) is 25.5 Å². The molecule has 2 aliphatic rings. The van der Waals surface area contributed by atoms with Crippen LogP contribution < -0.4 is 0 Å². The fourth-order valence-corrected chi connectivity index (χ4v) is 5.98. The number of nitrogens with zero attached hydrogens (tertiary/aromatic N) is 5. The van der Waals surface area contributed by atoms with Gasteiger partial charge in [0, 0.05) is 40.2 Å². The minimum absolute atomic E-state index is 0.107. The van der Waals surface area contributed by atoms with Gasteiger partial charge in [-0.1, -0.05) is 26.8 Å². The summed E-state index contributed by atoms with van der Waals surface area (Å²) < 4.78 is 7.10. The predicted octanol–water partition coefficient (Wildman–Crippen LogP) is 4.10. The molecule has 0 spiro atoms. The van der Waals surface area contributed by atoms with Crippen molar-refractivity contribution in [3.8, 4) is 11.3 Å². The van der Waals surface area contributed by atoms with Crippen LogP contribution in [0.2, 0.25) is 0 Å². The maximum absolute atomic E-state index is 9.89. The summed E-state index contributed by atoms with van der Waals surface area (Å²) in [5.41, 5.74) is 7.60. The van der Waals surface area contributed by atoms with Crippen LogP contribution in [-0.4, -0.2) is 67.9 Å². The Hall–Kier alpha value is -2.81. The molecule has 35 heavy (non-hydrogen) atoms. The molecule has 0 atom stereocenters. The van der Waals surface area contributed by atoms with Gasteiger partial charge in [0.2, 0.25) is 0 Å². The van der Waals surface area contributed by atoms with Gasteiger partial charge in [-0.15, -0.1) is 5.10 Å². The van der Waals surface area contributed by atoms with Crippen molar-refractivity contribution in [2.24, 2.45) is 5.41 Å². The number of fused-ring (bicyclic) bond motifs is 2. The van der Waals surface area contributed by atoms with Crippen LogP contribution in [0.4, 0.5) is 0 Å². The fourth-order valence-electron chi connectivity index (χ4n) is 5.98. The van der Waals surface area contributed by atoms with Gasteiger partial charge >= 0.3 is 0 Å². The van der Waals surface area contributed by atoms with E-state index in [0.29, 0.717) is 22.9 Å². The van der Waals surface area contributed by atoms with Crippen molar-refractivity contribution < 1.29 is 9.84 Å². The number of ether oxygens (including phenoxy) is 1. The Morgan fingerprint density at radius 1 is 1.20 bits per heavy atom. The second-order valence-corrected chi connectivity index (χ2v) is 11.1. The molecule has 2 fully saturated rings. The number of aliphatic hydroxyl groups is 1. The Bertz CT molecular complexity index is 1360. The first-order valence-electron chi connectivity index (χ1n) is 12.7. The predicted molar refractivity (Wildman–Crippen MR) is 135 cm³/mol. The highest BCUT2D eigenvalue weighted by Crippen LogP contribution is 2.39. The SMILES string of the molecule is CC(C)c1c(-c2cc(CO)c3nnnn3c2)[nH]c2ccc(C3CCN(CC4(C)COC4)CC3)cc12. The zero-order valence-electron chi connectivity index (χ0n) is 20.8. The number of H-pyrrole nitrogens is 1. The minimum Gasteiger partial charge on any atom is -0.392 e. The third-order valence-electron chi connectivity index (χ3n) is 7.84. The Labute approximate surface area is 205 Å². The van der Waals surface area contributed by atoms with E-state index < -0.39 is 0 Å². The lowest BCUT2D eigenvalue weighted by atomic mass is 9.84. The van der Waals surface area contributed by atoms with Crippen molar-refractivity contribution in [3.05, 3.63) is 47.2 Å². The van der Waals surface area contributed by atoms with E-state index in [-0.39, 0.29) is 6.61 Å². The van der Waals surface area contributed by atoms with E-state index in [2.05, 4.69) is 64.4 Å². The number of hydrogen-bond donors (Lipinski definition) is 2. The van der Waals surface area contributed by atoms with E-state index >= 15 is 0 Å². The van der Waals surface area contributed by atoms with Crippen molar-refractivity contribution in [1.82, 2.24) is 29.9 Å². The number of hydrogen-bond acceptors (Lipinski definition) is 6.